The van der Waals surface area contributed by atoms with Gasteiger partial charge in [0.1, 0.15) is 0 Å². The summed E-state index contributed by atoms with van der Waals surface area (Å²) >= 11 is 0. The number of aliphatic hydroxyl groups excluding tert-OH is 1. The molecule has 0 saturated heterocycles. The number of rotatable bonds is 4. The second kappa shape index (κ2) is 4.30. The van der Waals surface area contributed by atoms with Crippen molar-refractivity contribution in [1.82, 2.24) is 5.32 Å². The monoisotopic (exact) mass is 199 g/mol. The molecule has 0 heterocycles. The van der Waals surface area contributed by atoms with Crippen LogP contribution in [0.1, 0.15) is 46.5 Å². The van der Waals surface area contributed by atoms with Crippen LogP contribution >= 0.6 is 0 Å². The van der Waals surface area contributed by atoms with Crippen LogP contribution in [0.2, 0.25) is 0 Å². The predicted molar refractivity (Wildman–Crippen MR) is 55.9 cm³/mol. The minimum Gasteiger partial charge on any atom is -0.391 e. The highest BCUT2D eigenvalue weighted by atomic mass is 16.3. The van der Waals surface area contributed by atoms with Crippen LogP contribution < -0.4 is 5.32 Å². The Morgan fingerprint density at radius 3 is 2.50 bits per heavy atom. The molecule has 1 saturated carbocycles. The fourth-order valence-electron chi connectivity index (χ4n) is 1.47. The summed E-state index contributed by atoms with van der Waals surface area (Å²) in [4.78, 5) is 11.5. The number of nitrogens with one attached hydrogen (secondary N) is 1. The predicted octanol–water partition coefficient (Wildman–Crippen LogP) is 1.45. The molecule has 14 heavy (non-hydrogen) atoms. The highest BCUT2D eigenvalue weighted by molar-refractivity contribution is 5.77. The lowest BCUT2D eigenvalue weighted by atomic mass is 9.82. The Morgan fingerprint density at radius 1 is 1.57 bits per heavy atom. The van der Waals surface area contributed by atoms with Crippen molar-refractivity contribution < 1.29 is 9.90 Å². The summed E-state index contributed by atoms with van der Waals surface area (Å²) in [5, 5.41) is 12.3. The highest BCUT2D eigenvalue weighted by Gasteiger charge is 2.28. The average Bonchev–Trinajstić information content (AvgIpc) is 1.96. The van der Waals surface area contributed by atoms with Gasteiger partial charge in [0.25, 0.3) is 0 Å². The average molecular weight is 199 g/mol. The maximum absolute atomic E-state index is 11.5. The first kappa shape index (κ1) is 11.5. The van der Waals surface area contributed by atoms with E-state index in [1.807, 2.05) is 13.8 Å². The molecular formula is C11H21NO2. The van der Waals surface area contributed by atoms with Crippen LogP contribution in [0.15, 0.2) is 0 Å². The van der Waals surface area contributed by atoms with Gasteiger partial charge in [-0.25, -0.2) is 0 Å². The number of carbonyl (C=O) groups excluding carboxylic acids is 1. The minimum absolute atomic E-state index is 0.0700. The van der Waals surface area contributed by atoms with Crippen LogP contribution in [0.25, 0.3) is 0 Å². The molecule has 0 bridgehead atoms. The van der Waals surface area contributed by atoms with Crippen LogP contribution in [-0.2, 0) is 4.79 Å². The summed E-state index contributed by atoms with van der Waals surface area (Å²) in [5.74, 6) is 0.653. The lowest BCUT2D eigenvalue weighted by Crippen LogP contribution is -2.51. The zero-order valence-corrected chi connectivity index (χ0v) is 9.34. The third-order valence-corrected chi connectivity index (χ3v) is 3.20. The van der Waals surface area contributed by atoms with Crippen molar-refractivity contribution in [3.8, 4) is 0 Å². The molecule has 82 valence electrons. The lowest BCUT2D eigenvalue weighted by molar-refractivity contribution is -0.125. The van der Waals surface area contributed by atoms with Gasteiger partial charge in [-0.15, -0.1) is 0 Å². The van der Waals surface area contributed by atoms with Crippen molar-refractivity contribution in [2.75, 3.05) is 0 Å². The molecule has 3 nitrogen and oxygen atoms in total. The van der Waals surface area contributed by atoms with Crippen molar-refractivity contribution in [2.24, 2.45) is 5.92 Å². The number of hydrogen-bond acceptors (Lipinski definition) is 2. The van der Waals surface area contributed by atoms with E-state index in [4.69, 9.17) is 0 Å². The zero-order chi connectivity index (χ0) is 10.8. The fourth-order valence-corrected chi connectivity index (χ4v) is 1.47. The molecule has 1 fully saturated rings. The Labute approximate surface area is 85.9 Å². The van der Waals surface area contributed by atoms with E-state index in [0.29, 0.717) is 12.3 Å². The van der Waals surface area contributed by atoms with Gasteiger partial charge in [0.2, 0.25) is 5.91 Å². The van der Waals surface area contributed by atoms with Gasteiger partial charge in [-0.2, -0.15) is 0 Å². The number of carbonyl (C=O) groups is 1. The first-order valence-electron chi connectivity index (χ1n) is 5.41. The molecule has 0 aliphatic heterocycles. The summed E-state index contributed by atoms with van der Waals surface area (Å²) in [7, 11) is 0. The van der Waals surface area contributed by atoms with Crippen molar-refractivity contribution in [1.29, 1.82) is 0 Å². The molecule has 0 aromatic carbocycles. The van der Waals surface area contributed by atoms with E-state index in [-0.39, 0.29) is 5.91 Å². The van der Waals surface area contributed by atoms with E-state index in [1.54, 1.807) is 6.92 Å². The van der Waals surface area contributed by atoms with E-state index in [2.05, 4.69) is 5.32 Å². The first-order valence-corrected chi connectivity index (χ1v) is 5.41. The van der Waals surface area contributed by atoms with Gasteiger partial charge in [0.15, 0.2) is 0 Å². The Balaban J connectivity index is 2.31. The van der Waals surface area contributed by atoms with Crippen LogP contribution in [0.3, 0.4) is 0 Å². The molecule has 1 unspecified atom stereocenters. The molecule has 1 rings (SSSR count). The van der Waals surface area contributed by atoms with E-state index < -0.39 is 11.6 Å². The summed E-state index contributed by atoms with van der Waals surface area (Å²) in [5.41, 5.74) is -0.513. The third kappa shape index (κ3) is 2.98. The molecule has 1 aliphatic rings. The van der Waals surface area contributed by atoms with Crippen LogP contribution in [0.5, 0.6) is 0 Å². The summed E-state index contributed by atoms with van der Waals surface area (Å²) in [6, 6.07) is 0. The SMILES string of the molecule is CC(O)C(C)(C)NC(=O)CC1CCC1. The van der Waals surface area contributed by atoms with Crippen molar-refractivity contribution in [2.45, 2.75) is 58.1 Å². The molecule has 0 aromatic heterocycles. The number of hydrogen-bond donors (Lipinski definition) is 2. The third-order valence-electron chi connectivity index (χ3n) is 3.20. The van der Waals surface area contributed by atoms with Gasteiger partial charge in [-0.05, 0) is 39.5 Å². The molecule has 1 aliphatic carbocycles. The van der Waals surface area contributed by atoms with Crippen LogP contribution in [0, 0.1) is 5.92 Å². The molecule has 0 aromatic rings. The fraction of sp³-hybridized carbons (Fsp3) is 0.909. The second-order valence-electron chi connectivity index (χ2n) is 4.95. The Morgan fingerprint density at radius 2 is 2.14 bits per heavy atom. The van der Waals surface area contributed by atoms with Gasteiger partial charge in [-0.1, -0.05) is 6.42 Å². The van der Waals surface area contributed by atoms with Gasteiger partial charge < -0.3 is 10.4 Å². The quantitative estimate of drug-likeness (QED) is 0.720. The maximum Gasteiger partial charge on any atom is 0.220 e. The van der Waals surface area contributed by atoms with Gasteiger partial charge in [-0.3, -0.25) is 4.79 Å². The Hall–Kier alpha value is -0.570. The van der Waals surface area contributed by atoms with E-state index in [0.717, 1.165) is 0 Å². The van der Waals surface area contributed by atoms with Gasteiger partial charge in [0, 0.05) is 6.42 Å². The summed E-state index contributed by atoms with van der Waals surface area (Å²) < 4.78 is 0. The minimum atomic E-state index is -0.521. The smallest absolute Gasteiger partial charge is 0.220 e. The topological polar surface area (TPSA) is 49.3 Å². The molecular weight excluding hydrogens is 178 g/mol. The lowest BCUT2D eigenvalue weighted by Gasteiger charge is -2.31. The summed E-state index contributed by atoms with van der Waals surface area (Å²) in [6.45, 7) is 5.39. The highest BCUT2D eigenvalue weighted by Crippen LogP contribution is 2.29. The molecule has 0 radical (unpaired) electrons. The zero-order valence-electron chi connectivity index (χ0n) is 9.34. The summed E-state index contributed by atoms with van der Waals surface area (Å²) in [6.07, 6.45) is 3.73. The van der Waals surface area contributed by atoms with Crippen molar-refractivity contribution in [3.63, 3.8) is 0 Å². The number of aliphatic hydroxyl groups is 1. The molecule has 1 amide bonds. The van der Waals surface area contributed by atoms with Crippen LogP contribution in [0.4, 0.5) is 0 Å². The van der Waals surface area contributed by atoms with Crippen molar-refractivity contribution in [3.05, 3.63) is 0 Å². The van der Waals surface area contributed by atoms with Gasteiger partial charge >= 0.3 is 0 Å². The van der Waals surface area contributed by atoms with E-state index in [9.17, 15) is 9.90 Å². The standard InChI is InChI=1S/C11H21NO2/c1-8(13)11(2,3)12-10(14)7-9-5-4-6-9/h8-9,13H,4-7H2,1-3H3,(H,12,14). The molecule has 0 spiro atoms. The van der Waals surface area contributed by atoms with Crippen molar-refractivity contribution >= 4 is 5.91 Å². The number of amides is 1. The van der Waals surface area contributed by atoms with Crippen LogP contribution in [-0.4, -0.2) is 22.7 Å². The molecule has 3 heteroatoms. The Kier molecular flexibility index (Phi) is 3.53. The largest absolute Gasteiger partial charge is 0.391 e. The van der Waals surface area contributed by atoms with Gasteiger partial charge in [0.05, 0.1) is 11.6 Å². The van der Waals surface area contributed by atoms with E-state index >= 15 is 0 Å². The normalized spacial score (nSPS) is 20.0. The Bertz CT molecular complexity index is 207. The first-order chi connectivity index (χ1) is 6.42. The second-order valence-corrected chi connectivity index (χ2v) is 4.95. The molecule has 1 atom stereocenters. The van der Waals surface area contributed by atoms with E-state index in [1.165, 1.54) is 19.3 Å². The molecule has 2 N–H and O–H groups in total. The maximum atomic E-state index is 11.5.